The summed E-state index contributed by atoms with van der Waals surface area (Å²) in [5.41, 5.74) is 0. The Morgan fingerprint density at radius 2 is 2.00 bits per heavy atom. The number of rotatable bonds is 6. The molecule has 0 unspecified atom stereocenters. The second-order valence-corrected chi connectivity index (χ2v) is 6.04. The van der Waals surface area contributed by atoms with Gasteiger partial charge < -0.3 is 19.8 Å². The zero-order valence-electron chi connectivity index (χ0n) is 14.8. The van der Waals surface area contributed by atoms with Crippen LogP contribution in [-0.2, 0) is 26.1 Å². The highest BCUT2D eigenvalue weighted by molar-refractivity contribution is 14.0. The van der Waals surface area contributed by atoms with Gasteiger partial charge in [0.2, 0.25) is 0 Å². The van der Waals surface area contributed by atoms with E-state index < -0.39 is 0 Å². The number of aromatic nitrogens is 4. The fraction of sp³-hybridized carbons (Fsp3) is 0.588. The monoisotopic (exact) mass is 457 g/mol. The van der Waals surface area contributed by atoms with Gasteiger partial charge in [-0.1, -0.05) is 6.42 Å². The van der Waals surface area contributed by atoms with Crippen molar-refractivity contribution >= 4 is 29.9 Å². The Balaban J connectivity index is 0.00000225. The molecule has 0 radical (unpaired) electrons. The first-order valence-corrected chi connectivity index (χ1v) is 8.90. The van der Waals surface area contributed by atoms with Crippen molar-refractivity contribution in [2.24, 2.45) is 4.99 Å². The van der Waals surface area contributed by atoms with Crippen molar-refractivity contribution in [3.8, 4) is 0 Å². The van der Waals surface area contributed by atoms with Crippen LogP contribution < -0.4 is 10.6 Å². The van der Waals surface area contributed by atoms with E-state index >= 15 is 0 Å². The fourth-order valence-electron chi connectivity index (χ4n) is 2.98. The summed E-state index contributed by atoms with van der Waals surface area (Å²) in [6, 6.07) is 4.08. The van der Waals surface area contributed by atoms with Crippen LogP contribution in [0.15, 0.2) is 29.5 Å². The third-order valence-electron chi connectivity index (χ3n) is 4.24. The van der Waals surface area contributed by atoms with E-state index in [1.165, 1.54) is 19.3 Å². The predicted octanol–water partition coefficient (Wildman–Crippen LogP) is 2.18. The largest absolute Gasteiger partial charge is 0.357 e. The minimum absolute atomic E-state index is 0. The first-order valence-electron chi connectivity index (χ1n) is 8.90. The Bertz CT molecular complexity index is 648. The van der Waals surface area contributed by atoms with Crippen molar-refractivity contribution < 1.29 is 0 Å². The lowest BCUT2D eigenvalue weighted by Gasteiger charge is -2.12. The van der Waals surface area contributed by atoms with E-state index in [9.17, 15) is 0 Å². The van der Waals surface area contributed by atoms with Gasteiger partial charge in [0.1, 0.15) is 12.4 Å². The summed E-state index contributed by atoms with van der Waals surface area (Å²) in [5, 5.41) is 15.3. The van der Waals surface area contributed by atoms with Crippen molar-refractivity contribution in [2.45, 2.75) is 52.2 Å². The van der Waals surface area contributed by atoms with Gasteiger partial charge in [-0.2, -0.15) is 0 Å². The van der Waals surface area contributed by atoms with Crippen LogP contribution in [0.5, 0.6) is 0 Å². The van der Waals surface area contributed by atoms with Crippen LogP contribution in [0.25, 0.3) is 0 Å². The Morgan fingerprint density at radius 1 is 1.16 bits per heavy atom. The van der Waals surface area contributed by atoms with E-state index in [0.29, 0.717) is 6.54 Å². The van der Waals surface area contributed by atoms with Crippen LogP contribution in [0, 0.1) is 0 Å². The SMILES string of the molecule is CCNC(=NCc1nnc2n1CCCCC2)NCCn1cccc1.I. The van der Waals surface area contributed by atoms with Crippen LogP contribution in [0.2, 0.25) is 0 Å². The molecule has 0 aliphatic carbocycles. The van der Waals surface area contributed by atoms with Gasteiger partial charge in [0.15, 0.2) is 11.8 Å². The lowest BCUT2D eigenvalue weighted by Crippen LogP contribution is -2.38. The Hall–Kier alpha value is -1.58. The van der Waals surface area contributed by atoms with E-state index in [4.69, 9.17) is 0 Å². The third-order valence-corrected chi connectivity index (χ3v) is 4.24. The van der Waals surface area contributed by atoms with E-state index in [2.05, 4.69) is 54.3 Å². The van der Waals surface area contributed by atoms with Gasteiger partial charge in [-0.25, -0.2) is 4.99 Å². The minimum Gasteiger partial charge on any atom is -0.357 e. The van der Waals surface area contributed by atoms with Crippen molar-refractivity contribution in [3.63, 3.8) is 0 Å². The number of guanidine groups is 1. The number of hydrogen-bond donors (Lipinski definition) is 2. The Morgan fingerprint density at radius 3 is 2.80 bits per heavy atom. The zero-order chi connectivity index (χ0) is 16.6. The Labute approximate surface area is 166 Å². The van der Waals surface area contributed by atoms with Gasteiger partial charge in [-0.3, -0.25) is 0 Å². The molecule has 0 saturated heterocycles. The summed E-state index contributed by atoms with van der Waals surface area (Å²) in [5.74, 6) is 2.91. The molecule has 2 aromatic heterocycles. The molecule has 2 aromatic rings. The molecule has 0 spiro atoms. The van der Waals surface area contributed by atoms with Crippen LogP contribution in [0.4, 0.5) is 0 Å². The van der Waals surface area contributed by atoms with Crippen LogP contribution in [0.1, 0.15) is 37.8 Å². The van der Waals surface area contributed by atoms with Gasteiger partial charge in [-0.15, -0.1) is 34.2 Å². The summed E-state index contributed by atoms with van der Waals surface area (Å²) in [7, 11) is 0. The number of fused-ring (bicyclic) bond motifs is 1. The summed E-state index contributed by atoms with van der Waals surface area (Å²) in [6.07, 6.45) is 8.86. The number of aliphatic imine (C=N–C) groups is 1. The average molecular weight is 457 g/mol. The number of halogens is 1. The number of hydrogen-bond acceptors (Lipinski definition) is 3. The molecule has 1 aliphatic heterocycles. The topological polar surface area (TPSA) is 72.1 Å². The van der Waals surface area contributed by atoms with E-state index in [1.54, 1.807) is 0 Å². The molecule has 0 saturated carbocycles. The first kappa shape index (κ1) is 19.7. The molecule has 0 aromatic carbocycles. The molecule has 8 heteroatoms. The molecular weight excluding hydrogens is 429 g/mol. The summed E-state index contributed by atoms with van der Waals surface area (Å²) >= 11 is 0. The average Bonchev–Trinajstić information content (AvgIpc) is 3.17. The highest BCUT2D eigenvalue weighted by Gasteiger charge is 2.14. The minimum atomic E-state index is 0. The van der Waals surface area contributed by atoms with Gasteiger partial charge in [-0.05, 0) is 31.9 Å². The number of nitrogens with one attached hydrogen (secondary N) is 2. The summed E-state index contributed by atoms with van der Waals surface area (Å²) < 4.78 is 4.40. The molecule has 25 heavy (non-hydrogen) atoms. The number of aryl methyl sites for hydroxylation is 1. The van der Waals surface area contributed by atoms with Gasteiger partial charge in [0, 0.05) is 45.0 Å². The third kappa shape index (κ3) is 5.72. The van der Waals surface area contributed by atoms with Crippen LogP contribution in [-0.4, -0.2) is 38.4 Å². The summed E-state index contributed by atoms with van der Waals surface area (Å²) in [4.78, 5) is 4.68. The molecular formula is C17H28IN7. The predicted molar refractivity (Wildman–Crippen MR) is 110 cm³/mol. The quantitative estimate of drug-likeness (QED) is 0.397. The van der Waals surface area contributed by atoms with Gasteiger partial charge in [0.25, 0.3) is 0 Å². The Kier molecular flexibility index (Phi) is 8.23. The number of nitrogens with zero attached hydrogens (tertiary/aromatic N) is 5. The molecule has 0 amide bonds. The normalized spacial score (nSPS) is 14.4. The molecule has 2 N–H and O–H groups in total. The lowest BCUT2D eigenvalue weighted by molar-refractivity contribution is 0.605. The van der Waals surface area contributed by atoms with Gasteiger partial charge >= 0.3 is 0 Å². The van der Waals surface area contributed by atoms with Crippen molar-refractivity contribution in [1.29, 1.82) is 0 Å². The standard InChI is InChI=1S/C17H27N7.HI/c1-2-18-17(19-9-13-23-10-6-7-11-23)20-14-16-22-21-15-8-4-3-5-12-24(15)16;/h6-7,10-11H,2-5,8-9,12-14H2,1H3,(H2,18,19,20);1H. The van der Waals surface area contributed by atoms with E-state index in [0.717, 1.165) is 50.2 Å². The summed E-state index contributed by atoms with van der Waals surface area (Å²) in [6.45, 7) is 6.24. The maximum atomic E-state index is 4.68. The first-order chi connectivity index (χ1) is 11.9. The molecule has 0 fully saturated rings. The molecule has 3 rings (SSSR count). The molecule has 0 atom stereocenters. The van der Waals surface area contributed by atoms with Gasteiger partial charge in [0.05, 0.1) is 0 Å². The molecule has 1 aliphatic rings. The fourth-order valence-corrected chi connectivity index (χ4v) is 2.98. The van der Waals surface area contributed by atoms with Crippen molar-refractivity contribution in [1.82, 2.24) is 30.0 Å². The second-order valence-electron chi connectivity index (χ2n) is 6.04. The van der Waals surface area contributed by atoms with E-state index in [1.807, 2.05) is 12.1 Å². The maximum absolute atomic E-state index is 4.68. The van der Waals surface area contributed by atoms with Crippen molar-refractivity contribution in [2.75, 3.05) is 13.1 Å². The molecule has 138 valence electrons. The highest BCUT2D eigenvalue weighted by atomic mass is 127. The van der Waals surface area contributed by atoms with Crippen molar-refractivity contribution in [3.05, 3.63) is 36.2 Å². The molecule has 0 bridgehead atoms. The van der Waals surface area contributed by atoms with Crippen LogP contribution >= 0.6 is 24.0 Å². The van der Waals surface area contributed by atoms with E-state index in [-0.39, 0.29) is 24.0 Å². The maximum Gasteiger partial charge on any atom is 0.191 e. The highest BCUT2D eigenvalue weighted by Crippen LogP contribution is 2.14. The lowest BCUT2D eigenvalue weighted by atomic mass is 10.2. The molecule has 7 nitrogen and oxygen atoms in total. The smallest absolute Gasteiger partial charge is 0.191 e. The zero-order valence-corrected chi connectivity index (χ0v) is 17.1. The van der Waals surface area contributed by atoms with Crippen LogP contribution in [0.3, 0.4) is 0 Å². The molecule has 3 heterocycles. The second kappa shape index (κ2) is 10.4.